The van der Waals surface area contributed by atoms with E-state index < -0.39 is 0 Å². The fourth-order valence-electron chi connectivity index (χ4n) is 3.02. The molecule has 0 nitrogen and oxygen atoms in total. The molecule has 1 aliphatic carbocycles. The van der Waals surface area contributed by atoms with E-state index in [2.05, 4.69) is 67.9 Å². The average molecular weight is 323 g/mol. The van der Waals surface area contributed by atoms with E-state index in [9.17, 15) is 0 Å². The Morgan fingerprint density at radius 1 is 1.00 bits per heavy atom. The molecule has 0 N–H and O–H groups in total. The molecule has 1 heteroatoms. The van der Waals surface area contributed by atoms with Crippen molar-refractivity contribution in [1.29, 1.82) is 0 Å². The quantitative estimate of drug-likeness (QED) is 0.565. The summed E-state index contributed by atoms with van der Waals surface area (Å²) in [5, 5.41) is 0. The summed E-state index contributed by atoms with van der Waals surface area (Å²) < 4.78 is 0. The lowest BCUT2D eigenvalue weighted by atomic mass is 9.79. The molecule has 106 valence electrons. The van der Waals surface area contributed by atoms with Crippen molar-refractivity contribution < 1.29 is 0 Å². The summed E-state index contributed by atoms with van der Waals surface area (Å²) in [7, 11) is 0. The molecule has 1 saturated carbocycles. The maximum Gasteiger partial charge on any atom is 0.0423 e. The highest BCUT2D eigenvalue weighted by Gasteiger charge is 2.25. The normalized spacial score (nSPS) is 26.2. The van der Waals surface area contributed by atoms with Crippen molar-refractivity contribution in [3.05, 3.63) is 35.4 Å². The molecule has 0 radical (unpaired) electrons. The van der Waals surface area contributed by atoms with Crippen LogP contribution in [0.3, 0.4) is 0 Å². The zero-order valence-electron chi connectivity index (χ0n) is 12.7. The summed E-state index contributed by atoms with van der Waals surface area (Å²) in [6, 6.07) is 9.24. The van der Waals surface area contributed by atoms with Crippen LogP contribution in [0.15, 0.2) is 24.3 Å². The second kappa shape index (κ2) is 5.99. The molecule has 0 heterocycles. The van der Waals surface area contributed by atoms with Gasteiger partial charge in [0.15, 0.2) is 0 Å². The van der Waals surface area contributed by atoms with E-state index >= 15 is 0 Å². The molecular formula is C18H27Br. The van der Waals surface area contributed by atoms with Crippen LogP contribution in [-0.2, 0) is 5.41 Å². The van der Waals surface area contributed by atoms with E-state index in [0.717, 1.165) is 11.8 Å². The Labute approximate surface area is 127 Å². The van der Waals surface area contributed by atoms with Crippen LogP contribution in [0.4, 0.5) is 0 Å². The summed E-state index contributed by atoms with van der Waals surface area (Å²) in [6.45, 7) is 9.21. The van der Waals surface area contributed by atoms with Gasteiger partial charge in [0.2, 0.25) is 0 Å². The lowest BCUT2D eigenvalue weighted by molar-refractivity contribution is 0.287. The van der Waals surface area contributed by atoms with Crippen molar-refractivity contribution >= 4 is 15.9 Å². The molecule has 0 bridgehead atoms. The fraction of sp³-hybridized carbons (Fsp3) is 0.667. The van der Waals surface area contributed by atoms with Crippen molar-refractivity contribution in [2.45, 2.75) is 63.6 Å². The van der Waals surface area contributed by atoms with Gasteiger partial charge in [0.05, 0.1) is 0 Å². The molecule has 1 atom stereocenters. The van der Waals surface area contributed by atoms with E-state index in [-0.39, 0.29) is 5.41 Å². The highest BCUT2D eigenvalue weighted by molar-refractivity contribution is 9.09. The van der Waals surface area contributed by atoms with Gasteiger partial charge in [-0.15, -0.1) is 0 Å². The number of benzene rings is 1. The number of hydrogen-bond donors (Lipinski definition) is 0. The van der Waals surface area contributed by atoms with Gasteiger partial charge in [0, 0.05) is 4.83 Å². The first-order valence-corrected chi connectivity index (χ1v) is 8.54. The predicted molar refractivity (Wildman–Crippen MR) is 87.9 cm³/mol. The Bertz CT molecular complexity index is 391. The molecular weight excluding hydrogens is 296 g/mol. The molecule has 1 unspecified atom stereocenters. The zero-order valence-corrected chi connectivity index (χ0v) is 14.3. The number of hydrogen-bond acceptors (Lipinski definition) is 0. The molecule has 0 amide bonds. The monoisotopic (exact) mass is 322 g/mol. The first kappa shape index (κ1) is 15.1. The van der Waals surface area contributed by atoms with Crippen molar-refractivity contribution in [2.24, 2.45) is 11.8 Å². The van der Waals surface area contributed by atoms with E-state index in [1.165, 1.54) is 36.8 Å². The maximum atomic E-state index is 3.94. The van der Waals surface area contributed by atoms with E-state index in [1.807, 2.05) is 0 Å². The van der Waals surface area contributed by atoms with Crippen LogP contribution in [-0.4, -0.2) is 0 Å². The SMILES string of the molecule is CC1CCC(C(Br)c2ccc(C(C)(C)C)cc2)CC1. The number of alkyl halides is 1. The fourth-order valence-corrected chi connectivity index (χ4v) is 3.85. The molecule has 0 saturated heterocycles. The van der Waals surface area contributed by atoms with Crippen molar-refractivity contribution in [3.8, 4) is 0 Å². The first-order valence-electron chi connectivity index (χ1n) is 7.62. The lowest BCUT2D eigenvalue weighted by Crippen LogP contribution is -2.16. The minimum atomic E-state index is 0.251. The van der Waals surface area contributed by atoms with Crippen molar-refractivity contribution in [1.82, 2.24) is 0 Å². The Kier molecular flexibility index (Phi) is 4.76. The third-order valence-electron chi connectivity index (χ3n) is 4.57. The predicted octanol–water partition coefficient (Wildman–Crippen LogP) is 6.25. The van der Waals surface area contributed by atoms with Crippen LogP contribution in [0.1, 0.15) is 69.3 Å². The summed E-state index contributed by atoms with van der Waals surface area (Å²) >= 11 is 3.94. The Balaban J connectivity index is 2.05. The maximum absolute atomic E-state index is 3.94. The third kappa shape index (κ3) is 3.84. The van der Waals surface area contributed by atoms with Crippen molar-refractivity contribution in [3.63, 3.8) is 0 Å². The molecule has 2 rings (SSSR count). The Morgan fingerprint density at radius 3 is 2.00 bits per heavy atom. The standard InChI is InChI=1S/C18H27Br/c1-13-5-7-14(8-6-13)17(19)15-9-11-16(12-10-15)18(2,3)4/h9-14,17H,5-8H2,1-4H3. The Hall–Kier alpha value is -0.300. The van der Waals surface area contributed by atoms with Crippen LogP contribution in [0.25, 0.3) is 0 Å². The lowest BCUT2D eigenvalue weighted by Gasteiger charge is -2.30. The van der Waals surface area contributed by atoms with Gasteiger partial charge in [-0.05, 0) is 41.2 Å². The van der Waals surface area contributed by atoms with Gasteiger partial charge in [0.25, 0.3) is 0 Å². The molecule has 0 spiro atoms. The molecule has 1 aromatic carbocycles. The zero-order chi connectivity index (χ0) is 14.0. The van der Waals surface area contributed by atoms with Crippen LogP contribution < -0.4 is 0 Å². The minimum absolute atomic E-state index is 0.251. The van der Waals surface area contributed by atoms with Gasteiger partial charge in [-0.2, -0.15) is 0 Å². The van der Waals surface area contributed by atoms with Crippen LogP contribution in [0.2, 0.25) is 0 Å². The largest absolute Gasteiger partial charge is 0.0836 e. The first-order chi connectivity index (χ1) is 8.88. The molecule has 0 aromatic heterocycles. The Morgan fingerprint density at radius 2 is 1.53 bits per heavy atom. The second-order valence-electron chi connectivity index (χ2n) is 7.29. The number of halogens is 1. The van der Waals surface area contributed by atoms with E-state index in [4.69, 9.17) is 0 Å². The van der Waals surface area contributed by atoms with Gasteiger partial charge >= 0.3 is 0 Å². The summed E-state index contributed by atoms with van der Waals surface area (Å²) in [6.07, 6.45) is 5.54. The minimum Gasteiger partial charge on any atom is -0.0836 e. The van der Waals surface area contributed by atoms with E-state index in [1.54, 1.807) is 0 Å². The van der Waals surface area contributed by atoms with Crippen LogP contribution in [0, 0.1) is 11.8 Å². The average Bonchev–Trinajstić information content (AvgIpc) is 2.38. The van der Waals surface area contributed by atoms with Crippen LogP contribution >= 0.6 is 15.9 Å². The van der Waals surface area contributed by atoms with Crippen molar-refractivity contribution in [2.75, 3.05) is 0 Å². The number of rotatable bonds is 2. The molecule has 0 aliphatic heterocycles. The summed E-state index contributed by atoms with van der Waals surface area (Å²) in [5.41, 5.74) is 3.13. The van der Waals surface area contributed by atoms with E-state index in [0.29, 0.717) is 4.83 Å². The highest BCUT2D eigenvalue weighted by Crippen LogP contribution is 2.41. The molecule has 19 heavy (non-hydrogen) atoms. The summed E-state index contributed by atoms with van der Waals surface area (Å²) in [4.78, 5) is 0.536. The van der Waals surface area contributed by atoms with Crippen LogP contribution in [0.5, 0.6) is 0 Å². The topological polar surface area (TPSA) is 0 Å². The third-order valence-corrected chi connectivity index (χ3v) is 5.85. The van der Waals surface area contributed by atoms with Gasteiger partial charge in [-0.1, -0.05) is 80.7 Å². The smallest absolute Gasteiger partial charge is 0.0423 e. The molecule has 1 fully saturated rings. The van der Waals surface area contributed by atoms with Gasteiger partial charge in [0.1, 0.15) is 0 Å². The molecule has 1 aliphatic rings. The van der Waals surface area contributed by atoms with Gasteiger partial charge in [-0.25, -0.2) is 0 Å². The van der Waals surface area contributed by atoms with Gasteiger partial charge < -0.3 is 0 Å². The van der Waals surface area contributed by atoms with Gasteiger partial charge in [-0.3, -0.25) is 0 Å². The second-order valence-corrected chi connectivity index (χ2v) is 8.28. The highest BCUT2D eigenvalue weighted by atomic mass is 79.9. The summed E-state index contributed by atoms with van der Waals surface area (Å²) in [5.74, 6) is 1.75. The molecule has 1 aromatic rings.